The zero-order chi connectivity index (χ0) is 11.5. The fourth-order valence-electron chi connectivity index (χ4n) is 2.18. The molecule has 2 heterocycles. The third kappa shape index (κ3) is 2.32. The second-order valence-corrected chi connectivity index (χ2v) is 4.57. The van der Waals surface area contributed by atoms with Gasteiger partial charge < -0.3 is 10.6 Å². The Bertz CT molecular complexity index is 351. The third-order valence-corrected chi connectivity index (χ3v) is 3.36. The molecular weight excluding hydrogens is 200 g/mol. The first-order chi connectivity index (χ1) is 7.70. The van der Waals surface area contributed by atoms with Crippen LogP contribution in [0.4, 0.5) is 5.82 Å². The first-order valence-corrected chi connectivity index (χ1v) is 6.02. The highest BCUT2D eigenvalue weighted by molar-refractivity contribution is 5.40. The lowest BCUT2D eigenvalue weighted by atomic mass is 10.0. The van der Waals surface area contributed by atoms with Gasteiger partial charge in [0.1, 0.15) is 12.1 Å². The van der Waals surface area contributed by atoms with Crippen LogP contribution in [-0.2, 0) is 6.42 Å². The van der Waals surface area contributed by atoms with E-state index in [0.717, 1.165) is 31.0 Å². The predicted octanol–water partition coefficient (Wildman–Crippen LogP) is 1.21. The summed E-state index contributed by atoms with van der Waals surface area (Å²) in [6.45, 7) is 6.29. The summed E-state index contributed by atoms with van der Waals surface area (Å²) in [7, 11) is 0. The summed E-state index contributed by atoms with van der Waals surface area (Å²) in [6.07, 6.45) is 3.79. The highest BCUT2D eigenvalue weighted by Gasteiger charge is 2.25. The van der Waals surface area contributed by atoms with Gasteiger partial charge in [-0.25, -0.2) is 9.97 Å². The first kappa shape index (κ1) is 11.3. The van der Waals surface area contributed by atoms with Gasteiger partial charge in [0, 0.05) is 30.9 Å². The lowest BCUT2D eigenvalue weighted by Crippen LogP contribution is -2.30. The zero-order valence-electron chi connectivity index (χ0n) is 10.1. The second-order valence-electron chi connectivity index (χ2n) is 4.57. The van der Waals surface area contributed by atoms with Crippen LogP contribution in [-0.4, -0.2) is 29.1 Å². The number of aromatic nitrogens is 2. The van der Waals surface area contributed by atoms with E-state index in [0.29, 0.717) is 5.92 Å². The van der Waals surface area contributed by atoms with Crippen molar-refractivity contribution in [1.82, 2.24) is 9.97 Å². The Morgan fingerprint density at radius 2 is 2.38 bits per heavy atom. The summed E-state index contributed by atoms with van der Waals surface area (Å²) in [6, 6.07) is 2.36. The quantitative estimate of drug-likeness (QED) is 0.832. The molecule has 1 aliphatic heterocycles. The molecule has 1 aromatic heterocycles. The monoisotopic (exact) mass is 220 g/mol. The molecule has 88 valence electrons. The number of nitrogens with zero attached hydrogens (tertiary/aromatic N) is 3. The largest absolute Gasteiger partial charge is 0.356 e. The molecule has 2 atom stereocenters. The van der Waals surface area contributed by atoms with Crippen molar-refractivity contribution in [2.45, 2.75) is 32.7 Å². The maximum atomic E-state index is 5.93. The zero-order valence-corrected chi connectivity index (χ0v) is 10.1. The molecule has 1 fully saturated rings. The molecule has 0 aromatic carbocycles. The van der Waals surface area contributed by atoms with Crippen molar-refractivity contribution < 1.29 is 0 Å². The Hall–Kier alpha value is -1.16. The molecule has 0 radical (unpaired) electrons. The van der Waals surface area contributed by atoms with Crippen LogP contribution >= 0.6 is 0 Å². The molecule has 0 aliphatic carbocycles. The molecule has 4 heteroatoms. The van der Waals surface area contributed by atoms with E-state index in [2.05, 4.69) is 34.8 Å². The number of hydrogen-bond acceptors (Lipinski definition) is 4. The summed E-state index contributed by atoms with van der Waals surface area (Å²) >= 11 is 0. The highest BCUT2D eigenvalue weighted by Crippen LogP contribution is 2.23. The summed E-state index contributed by atoms with van der Waals surface area (Å²) in [5.74, 6) is 1.65. The number of anilines is 1. The molecule has 2 N–H and O–H groups in total. The van der Waals surface area contributed by atoms with Crippen LogP contribution in [0.25, 0.3) is 0 Å². The van der Waals surface area contributed by atoms with Gasteiger partial charge in [0.05, 0.1) is 0 Å². The molecule has 0 bridgehead atoms. The minimum atomic E-state index is 0.275. The Labute approximate surface area is 96.9 Å². The summed E-state index contributed by atoms with van der Waals surface area (Å²) in [5.41, 5.74) is 7.04. The highest BCUT2D eigenvalue weighted by atomic mass is 15.2. The van der Waals surface area contributed by atoms with Gasteiger partial charge in [0.25, 0.3) is 0 Å². The summed E-state index contributed by atoms with van der Waals surface area (Å²) in [4.78, 5) is 10.9. The van der Waals surface area contributed by atoms with E-state index >= 15 is 0 Å². The molecule has 0 saturated carbocycles. The van der Waals surface area contributed by atoms with Crippen molar-refractivity contribution in [2.24, 2.45) is 11.7 Å². The average molecular weight is 220 g/mol. The smallest absolute Gasteiger partial charge is 0.132 e. The van der Waals surface area contributed by atoms with Gasteiger partial charge in [-0.05, 0) is 25.7 Å². The van der Waals surface area contributed by atoms with Gasteiger partial charge in [-0.2, -0.15) is 0 Å². The Morgan fingerprint density at radius 3 is 3.00 bits per heavy atom. The maximum Gasteiger partial charge on any atom is 0.132 e. The van der Waals surface area contributed by atoms with E-state index in [1.165, 1.54) is 6.42 Å². The molecule has 0 amide bonds. The van der Waals surface area contributed by atoms with E-state index in [1.807, 2.05) is 0 Å². The van der Waals surface area contributed by atoms with Crippen molar-refractivity contribution >= 4 is 5.82 Å². The van der Waals surface area contributed by atoms with Gasteiger partial charge in [-0.1, -0.05) is 6.92 Å². The average Bonchev–Trinajstić information content (AvgIpc) is 2.78. The van der Waals surface area contributed by atoms with Crippen LogP contribution in [0.1, 0.15) is 26.0 Å². The normalized spacial score (nSPS) is 22.4. The van der Waals surface area contributed by atoms with Crippen LogP contribution in [0.2, 0.25) is 0 Å². The fraction of sp³-hybridized carbons (Fsp3) is 0.667. The molecule has 0 spiro atoms. The number of aryl methyl sites for hydroxylation is 1. The predicted molar refractivity (Wildman–Crippen MR) is 65.4 cm³/mol. The van der Waals surface area contributed by atoms with Crippen LogP contribution in [0.3, 0.4) is 0 Å². The van der Waals surface area contributed by atoms with Crippen molar-refractivity contribution in [1.29, 1.82) is 0 Å². The van der Waals surface area contributed by atoms with Gasteiger partial charge in [-0.3, -0.25) is 0 Å². The van der Waals surface area contributed by atoms with Gasteiger partial charge in [0.2, 0.25) is 0 Å². The minimum Gasteiger partial charge on any atom is -0.356 e. The molecule has 4 nitrogen and oxygen atoms in total. The Balaban J connectivity index is 2.08. The third-order valence-electron chi connectivity index (χ3n) is 3.36. The summed E-state index contributed by atoms with van der Waals surface area (Å²) in [5, 5.41) is 0. The van der Waals surface area contributed by atoms with E-state index in [-0.39, 0.29) is 6.04 Å². The SMILES string of the molecule is CCc1cc(N2CCC(C(C)N)C2)ncn1. The van der Waals surface area contributed by atoms with E-state index in [9.17, 15) is 0 Å². The van der Waals surface area contributed by atoms with Crippen LogP contribution in [0.5, 0.6) is 0 Å². The molecule has 1 aliphatic rings. The maximum absolute atomic E-state index is 5.93. The number of nitrogens with two attached hydrogens (primary N) is 1. The number of rotatable bonds is 3. The standard InChI is InChI=1S/C12H20N4/c1-3-11-6-12(15-8-14-11)16-5-4-10(7-16)9(2)13/h6,8-10H,3-5,7,13H2,1-2H3. The molecule has 2 rings (SSSR count). The Morgan fingerprint density at radius 1 is 1.56 bits per heavy atom. The topological polar surface area (TPSA) is 55.0 Å². The summed E-state index contributed by atoms with van der Waals surface area (Å²) < 4.78 is 0. The van der Waals surface area contributed by atoms with Gasteiger partial charge in [-0.15, -0.1) is 0 Å². The van der Waals surface area contributed by atoms with E-state index in [1.54, 1.807) is 6.33 Å². The molecular formula is C12H20N4. The molecule has 2 unspecified atom stereocenters. The fourth-order valence-corrected chi connectivity index (χ4v) is 2.18. The van der Waals surface area contributed by atoms with Crippen LogP contribution < -0.4 is 10.6 Å². The molecule has 16 heavy (non-hydrogen) atoms. The minimum absolute atomic E-state index is 0.275. The number of hydrogen-bond donors (Lipinski definition) is 1. The van der Waals surface area contributed by atoms with Crippen LogP contribution in [0.15, 0.2) is 12.4 Å². The Kier molecular flexibility index (Phi) is 3.39. The van der Waals surface area contributed by atoms with Gasteiger partial charge >= 0.3 is 0 Å². The lowest BCUT2D eigenvalue weighted by Gasteiger charge is -2.19. The van der Waals surface area contributed by atoms with Crippen molar-refractivity contribution in [3.8, 4) is 0 Å². The van der Waals surface area contributed by atoms with Gasteiger partial charge in [0.15, 0.2) is 0 Å². The van der Waals surface area contributed by atoms with Crippen molar-refractivity contribution in [3.63, 3.8) is 0 Å². The molecule has 1 saturated heterocycles. The van der Waals surface area contributed by atoms with Crippen LogP contribution in [0, 0.1) is 5.92 Å². The second kappa shape index (κ2) is 4.78. The van der Waals surface area contributed by atoms with Crippen molar-refractivity contribution in [2.75, 3.05) is 18.0 Å². The lowest BCUT2D eigenvalue weighted by molar-refractivity contribution is 0.488. The van der Waals surface area contributed by atoms with E-state index in [4.69, 9.17) is 5.73 Å². The first-order valence-electron chi connectivity index (χ1n) is 6.02. The van der Waals surface area contributed by atoms with Crippen molar-refractivity contribution in [3.05, 3.63) is 18.1 Å². The molecule has 1 aromatic rings. The van der Waals surface area contributed by atoms with E-state index < -0.39 is 0 Å².